The van der Waals surface area contributed by atoms with Crippen LogP contribution in [-0.4, -0.2) is 0 Å². The van der Waals surface area contributed by atoms with Crippen LogP contribution in [0.3, 0.4) is 0 Å². The van der Waals surface area contributed by atoms with Crippen LogP contribution < -0.4 is 11.1 Å². The van der Waals surface area contributed by atoms with Crippen molar-refractivity contribution in [1.29, 1.82) is 0 Å². The molecule has 2 nitrogen and oxygen atoms in total. The summed E-state index contributed by atoms with van der Waals surface area (Å²) in [5.74, 6) is 0. The van der Waals surface area contributed by atoms with E-state index < -0.39 is 5.12 Å². The summed E-state index contributed by atoms with van der Waals surface area (Å²) in [6.45, 7) is 2.01. The van der Waals surface area contributed by atoms with Crippen LogP contribution in [0.5, 0.6) is 0 Å². The molecule has 1 atom stereocenters. The number of halogens is 1. The molecule has 0 saturated heterocycles. The maximum atomic E-state index is 6.33. The van der Waals surface area contributed by atoms with Crippen molar-refractivity contribution < 1.29 is 0 Å². The Bertz CT molecular complexity index is 495. The van der Waals surface area contributed by atoms with E-state index in [-0.39, 0.29) is 0 Å². The highest BCUT2D eigenvalue weighted by Crippen LogP contribution is 2.26. The third-order valence-corrected chi connectivity index (χ3v) is 2.97. The fraction of sp³-hybridized carbons (Fsp3) is 0.143. The average Bonchev–Trinajstić information content (AvgIpc) is 2.33. The van der Waals surface area contributed by atoms with Gasteiger partial charge in [-0.2, -0.15) is 0 Å². The summed E-state index contributed by atoms with van der Waals surface area (Å²) in [5, 5.41) is 2.06. The van der Waals surface area contributed by atoms with Gasteiger partial charge in [-0.15, -0.1) is 0 Å². The summed E-state index contributed by atoms with van der Waals surface area (Å²) in [6.07, 6.45) is 0. The molecule has 17 heavy (non-hydrogen) atoms. The molecule has 0 spiro atoms. The van der Waals surface area contributed by atoms with E-state index in [1.165, 1.54) is 0 Å². The standard InChI is InChI=1S/C14H15ClN2/c1-11-7-5-6-10-13(11)17-14(15,16)12-8-3-2-4-9-12/h2-10,17H,16H2,1H3. The zero-order valence-electron chi connectivity index (χ0n) is 9.65. The Morgan fingerprint density at radius 3 is 2.24 bits per heavy atom. The molecular weight excluding hydrogens is 232 g/mol. The molecule has 0 saturated carbocycles. The van der Waals surface area contributed by atoms with Crippen LogP contribution in [0.2, 0.25) is 0 Å². The van der Waals surface area contributed by atoms with Gasteiger partial charge in [0.25, 0.3) is 0 Å². The number of hydrogen-bond acceptors (Lipinski definition) is 2. The number of nitrogens with two attached hydrogens (primary N) is 1. The van der Waals surface area contributed by atoms with Gasteiger partial charge >= 0.3 is 0 Å². The van der Waals surface area contributed by atoms with Gasteiger partial charge in [-0.1, -0.05) is 60.1 Å². The summed E-state index contributed by atoms with van der Waals surface area (Å²) < 4.78 is 0. The number of para-hydroxylation sites is 1. The van der Waals surface area contributed by atoms with E-state index in [1.807, 2.05) is 61.5 Å². The average molecular weight is 247 g/mol. The molecule has 0 aliphatic rings. The number of aryl methyl sites for hydroxylation is 1. The van der Waals surface area contributed by atoms with Gasteiger partial charge in [0.15, 0.2) is 5.12 Å². The Morgan fingerprint density at radius 1 is 1.00 bits per heavy atom. The molecule has 0 fully saturated rings. The molecule has 0 aliphatic heterocycles. The van der Waals surface area contributed by atoms with E-state index in [4.69, 9.17) is 17.3 Å². The van der Waals surface area contributed by atoms with Crippen molar-refractivity contribution in [1.82, 2.24) is 0 Å². The van der Waals surface area contributed by atoms with Gasteiger partial charge in [0.2, 0.25) is 0 Å². The Labute approximate surface area is 106 Å². The third kappa shape index (κ3) is 2.78. The second kappa shape index (κ2) is 4.78. The maximum Gasteiger partial charge on any atom is 0.190 e. The number of hydrogen-bond donors (Lipinski definition) is 2. The van der Waals surface area contributed by atoms with Gasteiger partial charge in [0, 0.05) is 11.3 Å². The summed E-state index contributed by atoms with van der Waals surface area (Å²) in [6, 6.07) is 17.5. The Hall–Kier alpha value is -1.51. The maximum absolute atomic E-state index is 6.33. The molecule has 2 aromatic rings. The molecule has 0 amide bonds. The van der Waals surface area contributed by atoms with E-state index in [1.54, 1.807) is 0 Å². The summed E-state index contributed by atoms with van der Waals surface area (Å²) >= 11 is 6.33. The van der Waals surface area contributed by atoms with Crippen LogP contribution in [0.15, 0.2) is 54.6 Å². The highest BCUT2D eigenvalue weighted by molar-refractivity contribution is 6.24. The summed E-state index contributed by atoms with van der Waals surface area (Å²) in [7, 11) is 0. The molecule has 0 radical (unpaired) electrons. The van der Waals surface area contributed by atoms with Crippen molar-refractivity contribution >= 4 is 17.3 Å². The van der Waals surface area contributed by atoms with Crippen LogP contribution in [0.25, 0.3) is 0 Å². The fourth-order valence-electron chi connectivity index (χ4n) is 1.66. The third-order valence-electron chi connectivity index (χ3n) is 2.66. The van der Waals surface area contributed by atoms with E-state index >= 15 is 0 Å². The predicted octanol–water partition coefficient (Wildman–Crippen LogP) is 3.41. The molecule has 0 heterocycles. The van der Waals surface area contributed by atoms with Gasteiger partial charge in [0.1, 0.15) is 0 Å². The quantitative estimate of drug-likeness (QED) is 0.495. The number of anilines is 1. The van der Waals surface area contributed by atoms with E-state index in [2.05, 4.69) is 5.32 Å². The molecule has 0 aromatic heterocycles. The Kier molecular flexibility index (Phi) is 3.36. The van der Waals surface area contributed by atoms with E-state index in [0.29, 0.717) is 0 Å². The minimum Gasteiger partial charge on any atom is -0.351 e. The molecule has 0 aliphatic carbocycles. The first-order valence-corrected chi connectivity index (χ1v) is 5.84. The summed E-state index contributed by atoms with van der Waals surface area (Å²) in [4.78, 5) is 0. The van der Waals surface area contributed by atoms with Crippen molar-refractivity contribution in [3.63, 3.8) is 0 Å². The SMILES string of the molecule is Cc1ccccc1NC(N)(Cl)c1ccccc1. The molecule has 2 rings (SSSR count). The van der Waals surface area contributed by atoms with Gasteiger partial charge in [0.05, 0.1) is 0 Å². The first-order chi connectivity index (χ1) is 8.09. The van der Waals surface area contributed by atoms with Gasteiger partial charge in [-0.25, -0.2) is 0 Å². The van der Waals surface area contributed by atoms with Crippen molar-refractivity contribution in [3.05, 3.63) is 65.7 Å². The zero-order chi connectivity index (χ0) is 12.3. The minimum absolute atomic E-state index is 0.838. The Morgan fingerprint density at radius 2 is 1.59 bits per heavy atom. The topological polar surface area (TPSA) is 38.0 Å². The lowest BCUT2D eigenvalue weighted by atomic mass is 10.1. The lowest BCUT2D eigenvalue weighted by molar-refractivity contribution is 0.739. The van der Waals surface area contributed by atoms with Gasteiger partial charge in [-0.05, 0) is 18.6 Å². The summed E-state index contributed by atoms with van der Waals surface area (Å²) in [5.41, 5.74) is 8.98. The van der Waals surface area contributed by atoms with Gasteiger partial charge in [-0.3, -0.25) is 5.73 Å². The first kappa shape index (κ1) is 12.0. The number of rotatable bonds is 3. The van der Waals surface area contributed by atoms with Crippen molar-refractivity contribution in [2.75, 3.05) is 5.32 Å². The highest BCUT2D eigenvalue weighted by atomic mass is 35.5. The normalized spacial score (nSPS) is 14.1. The smallest absolute Gasteiger partial charge is 0.190 e. The highest BCUT2D eigenvalue weighted by Gasteiger charge is 2.23. The molecule has 3 heteroatoms. The zero-order valence-corrected chi connectivity index (χ0v) is 10.4. The molecule has 0 bridgehead atoms. The monoisotopic (exact) mass is 246 g/mol. The first-order valence-electron chi connectivity index (χ1n) is 5.47. The van der Waals surface area contributed by atoms with E-state index in [0.717, 1.165) is 16.8 Å². The molecule has 3 N–H and O–H groups in total. The lowest BCUT2D eigenvalue weighted by Crippen LogP contribution is -2.38. The number of benzene rings is 2. The van der Waals surface area contributed by atoms with E-state index in [9.17, 15) is 0 Å². The molecule has 88 valence electrons. The predicted molar refractivity (Wildman–Crippen MR) is 73.0 cm³/mol. The van der Waals surface area contributed by atoms with Crippen LogP contribution >= 0.6 is 11.6 Å². The molecular formula is C14H15ClN2. The minimum atomic E-state index is -1.09. The van der Waals surface area contributed by atoms with Crippen LogP contribution in [0, 0.1) is 6.92 Å². The second-order valence-electron chi connectivity index (χ2n) is 4.02. The Balaban J connectivity index is 2.27. The van der Waals surface area contributed by atoms with Crippen molar-refractivity contribution in [3.8, 4) is 0 Å². The number of alkyl halides is 1. The molecule has 1 unspecified atom stereocenters. The fourth-order valence-corrected chi connectivity index (χ4v) is 1.89. The number of nitrogens with one attached hydrogen (secondary N) is 1. The largest absolute Gasteiger partial charge is 0.351 e. The lowest BCUT2D eigenvalue weighted by Gasteiger charge is -2.26. The molecule has 2 aromatic carbocycles. The van der Waals surface area contributed by atoms with Crippen LogP contribution in [-0.2, 0) is 5.12 Å². The van der Waals surface area contributed by atoms with Crippen LogP contribution in [0.4, 0.5) is 5.69 Å². The second-order valence-corrected chi connectivity index (χ2v) is 4.61. The van der Waals surface area contributed by atoms with Crippen molar-refractivity contribution in [2.45, 2.75) is 12.0 Å². The van der Waals surface area contributed by atoms with Crippen molar-refractivity contribution in [2.24, 2.45) is 5.73 Å². The van der Waals surface area contributed by atoms with Crippen LogP contribution in [0.1, 0.15) is 11.1 Å². The van der Waals surface area contributed by atoms with Gasteiger partial charge < -0.3 is 5.32 Å².